The zero-order valence-electron chi connectivity index (χ0n) is 14.5. The SMILES string of the molecule is CCOC(C)C(=O)Nc1ccc(C)c(S(=O)(=O)N2CCCCC2)c1. The molecule has 1 N–H and O–H groups in total. The van der Waals surface area contributed by atoms with Crippen LogP contribution >= 0.6 is 0 Å². The Labute approximate surface area is 144 Å². The number of carbonyl (C=O) groups excluding carboxylic acids is 1. The summed E-state index contributed by atoms with van der Waals surface area (Å²) >= 11 is 0. The minimum Gasteiger partial charge on any atom is -0.369 e. The van der Waals surface area contributed by atoms with Gasteiger partial charge in [-0.15, -0.1) is 0 Å². The Morgan fingerprint density at radius 2 is 1.96 bits per heavy atom. The van der Waals surface area contributed by atoms with Crippen molar-refractivity contribution in [3.05, 3.63) is 23.8 Å². The van der Waals surface area contributed by atoms with Crippen LogP contribution in [-0.2, 0) is 19.6 Å². The number of rotatable bonds is 6. The van der Waals surface area contributed by atoms with Crippen molar-refractivity contribution in [3.63, 3.8) is 0 Å². The number of anilines is 1. The Hall–Kier alpha value is -1.44. The molecule has 1 saturated heterocycles. The molecule has 0 saturated carbocycles. The van der Waals surface area contributed by atoms with Crippen LogP contribution in [0, 0.1) is 6.92 Å². The highest BCUT2D eigenvalue weighted by Gasteiger charge is 2.27. The van der Waals surface area contributed by atoms with Crippen LogP contribution in [0.2, 0.25) is 0 Å². The summed E-state index contributed by atoms with van der Waals surface area (Å²) in [6, 6.07) is 4.97. The number of sulfonamides is 1. The molecule has 7 heteroatoms. The molecule has 0 bridgehead atoms. The number of ether oxygens (including phenoxy) is 1. The smallest absolute Gasteiger partial charge is 0.253 e. The van der Waals surface area contributed by atoms with Crippen LogP contribution in [0.3, 0.4) is 0 Å². The number of nitrogens with zero attached hydrogens (tertiary/aromatic N) is 1. The van der Waals surface area contributed by atoms with Crippen LogP contribution in [0.4, 0.5) is 5.69 Å². The molecule has 0 aromatic heterocycles. The maximum Gasteiger partial charge on any atom is 0.253 e. The second-order valence-corrected chi connectivity index (χ2v) is 7.94. The van der Waals surface area contributed by atoms with Crippen molar-refractivity contribution in [1.82, 2.24) is 4.31 Å². The lowest BCUT2D eigenvalue weighted by Gasteiger charge is -2.26. The molecular formula is C17H26N2O4S. The fourth-order valence-electron chi connectivity index (χ4n) is 2.77. The third-order valence-corrected chi connectivity index (χ3v) is 6.22. The van der Waals surface area contributed by atoms with E-state index in [2.05, 4.69) is 5.32 Å². The quantitative estimate of drug-likeness (QED) is 0.852. The molecule has 24 heavy (non-hydrogen) atoms. The third kappa shape index (κ3) is 4.34. The molecule has 6 nitrogen and oxygen atoms in total. The van der Waals surface area contributed by atoms with Crippen LogP contribution in [-0.4, -0.2) is 44.4 Å². The lowest BCUT2D eigenvalue weighted by Crippen LogP contribution is -2.36. The van der Waals surface area contributed by atoms with Gasteiger partial charge >= 0.3 is 0 Å². The maximum absolute atomic E-state index is 12.9. The molecule has 0 radical (unpaired) electrons. The topological polar surface area (TPSA) is 75.7 Å². The second kappa shape index (κ2) is 8.09. The molecule has 0 spiro atoms. The van der Waals surface area contributed by atoms with Gasteiger partial charge in [-0.05, 0) is 51.3 Å². The molecule has 1 aromatic rings. The van der Waals surface area contributed by atoms with Gasteiger partial charge in [-0.25, -0.2) is 8.42 Å². The summed E-state index contributed by atoms with van der Waals surface area (Å²) < 4.78 is 32.5. The van der Waals surface area contributed by atoms with Gasteiger partial charge in [0.1, 0.15) is 6.10 Å². The molecule has 2 rings (SSSR count). The normalized spacial score (nSPS) is 17.5. The average molecular weight is 354 g/mol. The van der Waals surface area contributed by atoms with Gasteiger partial charge in [0.25, 0.3) is 5.91 Å². The van der Waals surface area contributed by atoms with Gasteiger partial charge in [0, 0.05) is 25.4 Å². The second-order valence-electron chi connectivity index (χ2n) is 6.03. The predicted molar refractivity (Wildman–Crippen MR) is 93.5 cm³/mol. The molecule has 1 amide bonds. The summed E-state index contributed by atoms with van der Waals surface area (Å²) in [4.78, 5) is 12.3. The summed E-state index contributed by atoms with van der Waals surface area (Å²) in [6.45, 7) is 6.80. The van der Waals surface area contributed by atoms with E-state index in [1.54, 1.807) is 26.0 Å². The largest absolute Gasteiger partial charge is 0.369 e. The minimum absolute atomic E-state index is 0.256. The van der Waals surface area contributed by atoms with Crippen LogP contribution in [0.15, 0.2) is 23.1 Å². The molecule has 134 valence electrons. The van der Waals surface area contributed by atoms with Gasteiger partial charge in [-0.3, -0.25) is 4.79 Å². The summed E-state index contributed by atoms with van der Waals surface area (Å²) in [5.41, 5.74) is 1.14. The van der Waals surface area contributed by atoms with Crippen molar-refractivity contribution in [1.29, 1.82) is 0 Å². The number of nitrogens with one attached hydrogen (secondary N) is 1. The number of aryl methyl sites for hydroxylation is 1. The van der Waals surface area contributed by atoms with Crippen molar-refractivity contribution < 1.29 is 17.9 Å². The number of benzene rings is 1. The lowest BCUT2D eigenvalue weighted by atomic mass is 10.2. The van der Waals surface area contributed by atoms with E-state index >= 15 is 0 Å². The van der Waals surface area contributed by atoms with Gasteiger partial charge in [0.15, 0.2) is 0 Å². The van der Waals surface area contributed by atoms with Crippen molar-refractivity contribution in [3.8, 4) is 0 Å². The molecule has 1 atom stereocenters. The number of piperidine rings is 1. The summed E-state index contributed by atoms with van der Waals surface area (Å²) in [5.74, 6) is -0.290. The Bertz CT molecular complexity index is 682. The van der Waals surface area contributed by atoms with E-state index in [1.165, 1.54) is 10.4 Å². The highest BCUT2D eigenvalue weighted by atomic mass is 32.2. The zero-order valence-corrected chi connectivity index (χ0v) is 15.4. The van der Waals surface area contributed by atoms with E-state index in [4.69, 9.17) is 4.74 Å². The van der Waals surface area contributed by atoms with Crippen molar-refractivity contribution in [2.75, 3.05) is 25.0 Å². The lowest BCUT2D eigenvalue weighted by molar-refractivity contribution is -0.126. The molecule has 1 unspecified atom stereocenters. The monoisotopic (exact) mass is 354 g/mol. The van der Waals surface area contributed by atoms with Gasteiger partial charge in [0.2, 0.25) is 10.0 Å². The van der Waals surface area contributed by atoms with E-state index < -0.39 is 16.1 Å². The van der Waals surface area contributed by atoms with Crippen LogP contribution < -0.4 is 5.32 Å². The van der Waals surface area contributed by atoms with Crippen molar-refractivity contribution >= 4 is 21.6 Å². The average Bonchev–Trinajstić information content (AvgIpc) is 2.57. The summed E-state index contributed by atoms with van der Waals surface area (Å²) in [5, 5.41) is 2.72. The van der Waals surface area contributed by atoms with Gasteiger partial charge in [-0.2, -0.15) is 4.31 Å². The van der Waals surface area contributed by atoms with E-state index in [1.807, 2.05) is 6.92 Å². The first-order valence-corrected chi connectivity index (χ1v) is 9.83. The molecule has 1 aliphatic heterocycles. The molecule has 1 heterocycles. The van der Waals surface area contributed by atoms with E-state index in [0.29, 0.717) is 30.9 Å². The summed E-state index contributed by atoms with van der Waals surface area (Å²) in [6.07, 6.45) is 2.26. The van der Waals surface area contributed by atoms with Gasteiger partial charge < -0.3 is 10.1 Å². The Balaban J connectivity index is 2.23. The molecular weight excluding hydrogens is 328 g/mol. The van der Waals surface area contributed by atoms with Crippen molar-refractivity contribution in [2.24, 2.45) is 0 Å². The summed E-state index contributed by atoms with van der Waals surface area (Å²) in [7, 11) is -3.53. The Kier molecular flexibility index (Phi) is 6.37. The van der Waals surface area contributed by atoms with Gasteiger partial charge in [-0.1, -0.05) is 12.5 Å². The molecule has 1 fully saturated rings. The zero-order chi connectivity index (χ0) is 17.7. The Morgan fingerprint density at radius 3 is 2.58 bits per heavy atom. The van der Waals surface area contributed by atoms with Crippen molar-refractivity contribution in [2.45, 2.75) is 51.0 Å². The first kappa shape index (κ1) is 18.9. The molecule has 1 aromatic carbocycles. The van der Waals surface area contributed by atoms with E-state index in [9.17, 15) is 13.2 Å². The highest BCUT2D eigenvalue weighted by molar-refractivity contribution is 7.89. The first-order valence-electron chi connectivity index (χ1n) is 8.39. The predicted octanol–water partition coefficient (Wildman–Crippen LogP) is 2.53. The standard InChI is InChI=1S/C17H26N2O4S/c1-4-23-14(3)17(20)18-15-9-8-13(2)16(12-15)24(21,22)19-10-6-5-7-11-19/h8-9,12,14H,4-7,10-11H2,1-3H3,(H,18,20). The maximum atomic E-state index is 12.9. The van der Waals surface area contributed by atoms with Gasteiger partial charge in [0.05, 0.1) is 4.90 Å². The Morgan fingerprint density at radius 1 is 1.29 bits per heavy atom. The third-order valence-electron chi connectivity index (χ3n) is 4.17. The number of hydrogen-bond donors (Lipinski definition) is 1. The number of hydrogen-bond acceptors (Lipinski definition) is 4. The van der Waals surface area contributed by atoms with Crippen LogP contribution in [0.25, 0.3) is 0 Å². The fraction of sp³-hybridized carbons (Fsp3) is 0.588. The van der Waals surface area contributed by atoms with E-state index in [-0.39, 0.29) is 10.8 Å². The van der Waals surface area contributed by atoms with Crippen LogP contribution in [0.5, 0.6) is 0 Å². The van der Waals surface area contributed by atoms with Crippen LogP contribution in [0.1, 0.15) is 38.7 Å². The first-order chi connectivity index (χ1) is 11.4. The fourth-order valence-corrected chi connectivity index (χ4v) is 4.54. The number of carbonyl (C=O) groups is 1. The molecule has 1 aliphatic rings. The number of amides is 1. The minimum atomic E-state index is -3.53. The molecule has 0 aliphatic carbocycles. The highest BCUT2D eigenvalue weighted by Crippen LogP contribution is 2.26. The van der Waals surface area contributed by atoms with E-state index in [0.717, 1.165) is 19.3 Å².